The van der Waals surface area contributed by atoms with Crippen molar-refractivity contribution in [2.45, 2.75) is 12.1 Å². The minimum atomic E-state index is -0.646. The lowest BCUT2D eigenvalue weighted by molar-refractivity contribution is -0.123. The third-order valence-electron chi connectivity index (χ3n) is 3.85. The number of benzene rings is 2. The van der Waals surface area contributed by atoms with E-state index >= 15 is 0 Å². The number of para-hydroxylation sites is 1. The molecule has 0 unspecified atom stereocenters. The smallest absolute Gasteiger partial charge is 0.315 e. The summed E-state index contributed by atoms with van der Waals surface area (Å²) >= 11 is 0. The normalized spacial score (nSPS) is 17.3. The number of halogens is 1. The summed E-state index contributed by atoms with van der Waals surface area (Å²) in [5, 5.41) is 7.91. The number of ether oxygens (including phenoxy) is 1. The summed E-state index contributed by atoms with van der Waals surface area (Å²) in [7, 11) is 0. The molecule has 1 saturated heterocycles. The standard InChI is InChI=1S/C18H18FN3O3/c19-13-8-4-5-9-16(13)25-11-15(12-6-2-1-3-7-12)21-17(23)14-10-20-18(24)22-14/h1-9,14-15H,10-11H2,(H,21,23)(H2,20,22,24)/t14-,15+/m1/s1. The van der Waals surface area contributed by atoms with E-state index in [-0.39, 0.29) is 30.8 Å². The molecule has 25 heavy (non-hydrogen) atoms. The number of nitrogens with one attached hydrogen (secondary N) is 3. The van der Waals surface area contributed by atoms with Gasteiger partial charge in [-0.2, -0.15) is 0 Å². The lowest BCUT2D eigenvalue weighted by Crippen LogP contribution is -2.45. The van der Waals surface area contributed by atoms with Gasteiger partial charge in [0.2, 0.25) is 5.91 Å². The number of urea groups is 1. The van der Waals surface area contributed by atoms with E-state index in [0.29, 0.717) is 0 Å². The molecule has 7 heteroatoms. The summed E-state index contributed by atoms with van der Waals surface area (Å²) in [6.07, 6.45) is 0. The van der Waals surface area contributed by atoms with E-state index in [9.17, 15) is 14.0 Å². The van der Waals surface area contributed by atoms with E-state index < -0.39 is 17.9 Å². The topological polar surface area (TPSA) is 79.5 Å². The zero-order valence-electron chi connectivity index (χ0n) is 13.4. The van der Waals surface area contributed by atoms with Crippen LogP contribution in [0.2, 0.25) is 0 Å². The Hall–Kier alpha value is -3.09. The maximum absolute atomic E-state index is 13.7. The number of carbonyl (C=O) groups is 2. The molecule has 1 aliphatic rings. The van der Waals surface area contributed by atoms with Crippen LogP contribution >= 0.6 is 0 Å². The summed E-state index contributed by atoms with van der Waals surface area (Å²) in [6.45, 7) is 0.283. The molecule has 0 aromatic heterocycles. The van der Waals surface area contributed by atoms with Crippen molar-refractivity contribution < 1.29 is 18.7 Å². The van der Waals surface area contributed by atoms with Crippen molar-refractivity contribution in [3.8, 4) is 5.75 Å². The van der Waals surface area contributed by atoms with Gasteiger partial charge in [0.1, 0.15) is 12.6 Å². The second-order valence-corrected chi connectivity index (χ2v) is 5.62. The summed E-state index contributed by atoms with van der Waals surface area (Å²) < 4.78 is 19.3. The Balaban J connectivity index is 1.70. The predicted octanol–water partition coefficient (Wildman–Crippen LogP) is 1.74. The van der Waals surface area contributed by atoms with Crippen LogP contribution < -0.4 is 20.7 Å². The van der Waals surface area contributed by atoms with Gasteiger partial charge in [-0.15, -0.1) is 0 Å². The van der Waals surface area contributed by atoms with Crippen LogP contribution in [0.1, 0.15) is 11.6 Å². The van der Waals surface area contributed by atoms with Crippen molar-refractivity contribution in [3.63, 3.8) is 0 Å². The Kier molecular flexibility index (Phi) is 5.13. The van der Waals surface area contributed by atoms with Gasteiger partial charge < -0.3 is 20.7 Å². The van der Waals surface area contributed by atoms with E-state index in [2.05, 4.69) is 16.0 Å². The number of hydrogen-bond donors (Lipinski definition) is 3. The van der Waals surface area contributed by atoms with Gasteiger partial charge in [-0.25, -0.2) is 9.18 Å². The minimum absolute atomic E-state index is 0.0603. The van der Waals surface area contributed by atoms with E-state index in [1.807, 2.05) is 30.3 Å². The Morgan fingerprint density at radius 2 is 1.92 bits per heavy atom. The highest BCUT2D eigenvalue weighted by molar-refractivity contribution is 5.90. The monoisotopic (exact) mass is 343 g/mol. The second-order valence-electron chi connectivity index (χ2n) is 5.62. The first kappa shape index (κ1) is 16.8. The molecule has 0 spiro atoms. The molecule has 0 bridgehead atoms. The Labute approximate surface area is 144 Å². The van der Waals surface area contributed by atoms with E-state index in [0.717, 1.165) is 5.56 Å². The maximum Gasteiger partial charge on any atom is 0.315 e. The number of hydrogen-bond acceptors (Lipinski definition) is 3. The molecule has 2 aromatic rings. The van der Waals surface area contributed by atoms with Crippen LogP contribution in [0.4, 0.5) is 9.18 Å². The fraction of sp³-hybridized carbons (Fsp3) is 0.222. The molecule has 1 fully saturated rings. The highest BCUT2D eigenvalue weighted by Gasteiger charge is 2.28. The van der Waals surface area contributed by atoms with Crippen molar-refractivity contribution in [2.75, 3.05) is 13.2 Å². The van der Waals surface area contributed by atoms with Crippen LogP contribution in [-0.2, 0) is 4.79 Å². The van der Waals surface area contributed by atoms with Gasteiger partial charge in [-0.3, -0.25) is 4.79 Å². The van der Waals surface area contributed by atoms with Gasteiger partial charge >= 0.3 is 6.03 Å². The highest BCUT2D eigenvalue weighted by atomic mass is 19.1. The molecular formula is C18H18FN3O3. The average molecular weight is 343 g/mol. The predicted molar refractivity (Wildman–Crippen MR) is 89.5 cm³/mol. The summed E-state index contributed by atoms with van der Waals surface area (Å²) in [5.74, 6) is -0.675. The maximum atomic E-state index is 13.7. The van der Waals surface area contributed by atoms with Crippen molar-refractivity contribution in [3.05, 3.63) is 66.0 Å². The van der Waals surface area contributed by atoms with Gasteiger partial charge in [-0.1, -0.05) is 42.5 Å². The van der Waals surface area contributed by atoms with Crippen LogP contribution in [0.3, 0.4) is 0 Å². The summed E-state index contributed by atoms with van der Waals surface area (Å²) in [4.78, 5) is 23.6. The van der Waals surface area contributed by atoms with Crippen LogP contribution in [0.5, 0.6) is 5.75 Å². The molecule has 2 aromatic carbocycles. The second kappa shape index (κ2) is 7.65. The fourth-order valence-electron chi connectivity index (χ4n) is 2.53. The van der Waals surface area contributed by atoms with E-state index in [1.165, 1.54) is 12.1 Å². The first-order valence-electron chi connectivity index (χ1n) is 7.90. The number of rotatable bonds is 6. The van der Waals surface area contributed by atoms with Crippen LogP contribution in [-0.4, -0.2) is 31.1 Å². The molecule has 1 aliphatic heterocycles. The van der Waals surface area contributed by atoms with Crippen molar-refractivity contribution in [2.24, 2.45) is 0 Å². The Bertz CT molecular complexity index is 754. The first-order chi connectivity index (χ1) is 12.1. The average Bonchev–Trinajstić information content (AvgIpc) is 3.07. The van der Waals surface area contributed by atoms with E-state index in [4.69, 9.17) is 4.74 Å². The first-order valence-corrected chi connectivity index (χ1v) is 7.90. The van der Waals surface area contributed by atoms with Gasteiger partial charge in [0.05, 0.1) is 6.04 Å². The SMILES string of the molecule is O=C1NC[C@H](C(=O)N[C@@H](COc2ccccc2F)c2ccccc2)N1. The molecular weight excluding hydrogens is 325 g/mol. The van der Waals surface area contributed by atoms with Gasteiger partial charge in [0.25, 0.3) is 0 Å². The van der Waals surface area contributed by atoms with Crippen molar-refractivity contribution in [1.29, 1.82) is 0 Å². The molecule has 3 N–H and O–H groups in total. The van der Waals surface area contributed by atoms with E-state index in [1.54, 1.807) is 12.1 Å². The molecule has 0 aliphatic carbocycles. The van der Waals surface area contributed by atoms with Gasteiger partial charge in [0, 0.05) is 6.54 Å². The van der Waals surface area contributed by atoms with Crippen LogP contribution in [0.15, 0.2) is 54.6 Å². The van der Waals surface area contributed by atoms with Gasteiger partial charge in [0.15, 0.2) is 11.6 Å². The third kappa shape index (κ3) is 4.26. The number of carbonyl (C=O) groups excluding carboxylic acids is 2. The Morgan fingerprint density at radius 1 is 1.20 bits per heavy atom. The quantitative estimate of drug-likeness (QED) is 0.747. The molecule has 0 radical (unpaired) electrons. The molecule has 3 rings (SSSR count). The molecule has 0 saturated carbocycles. The summed E-state index contributed by atoms with van der Waals surface area (Å²) in [5.41, 5.74) is 0.824. The Morgan fingerprint density at radius 3 is 2.60 bits per heavy atom. The number of amides is 3. The lowest BCUT2D eigenvalue weighted by atomic mass is 10.1. The third-order valence-corrected chi connectivity index (χ3v) is 3.85. The molecule has 1 heterocycles. The molecule has 3 amide bonds. The summed E-state index contributed by atoms with van der Waals surface area (Å²) in [6, 6.07) is 13.8. The molecule has 6 nitrogen and oxygen atoms in total. The fourth-order valence-corrected chi connectivity index (χ4v) is 2.53. The van der Waals surface area contributed by atoms with Crippen molar-refractivity contribution >= 4 is 11.9 Å². The van der Waals surface area contributed by atoms with Crippen LogP contribution in [0.25, 0.3) is 0 Å². The largest absolute Gasteiger partial charge is 0.488 e. The molecule has 2 atom stereocenters. The van der Waals surface area contributed by atoms with Gasteiger partial charge in [-0.05, 0) is 17.7 Å². The zero-order valence-corrected chi connectivity index (χ0v) is 13.4. The zero-order chi connectivity index (χ0) is 17.6. The highest BCUT2D eigenvalue weighted by Crippen LogP contribution is 2.19. The lowest BCUT2D eigenvalue weighted by Gasteiger charge is -2.21. The minimum Gasteiger partial charge on any atom is -0.488 e. The molecule has 130 valence electrons. The van der Waals surface area contributed by atoms with Crippen molar-refractivity contribution in [1.82, 2.24) is 16.0 Å². The van der Waals surface area contributed by atoms with Crippen LogP contribution in [0, 0.1) is 5.82 Å².